The van der Waals surface area contributed by atoms with E-state index in [0.29, 0.717) is 44.5 Å². The number of aldehydes is 1. The fourth-order valence-corrected chi connectivity index (χ4v) is 6.36. The van der Waals surface area contributed by atoms with Crippen LogP contribution in [0.5, 0.6) is 5.75 Å². The molecule has 4 rings (SSSR count). The Kier molecular flexibility index (Phi) is 9.68. The second kappa shape index (κ2) is 13.0. The van der Waals surface area contributed by atoms with E-state index >= 15 is 0 Å². The molecule has 12 heteroatoms. The number of hydrogen-bond acceptors (Lipinski definition) is 7. The highest BCUT2D eigenvalue weighted by Crippen LogP contribution is 2.35. The minimum absolute atomic E-state index is 0.155. The summed E-state index contributed by atoms with van der Waals surface area (Å²) in [5.41, 5.74) is -0.992. The summed E-state index contributed by atoms with van der Waals surface area (Å²) in [7, 11) is 1.85. The normalized spacial score (nSPS) is 16.0. The van der Waals surface area contributed by atoms with Gasteiger partial charge in [-0.15, -0.1) is 0 Å². The molecule has 2 heterocycles. The molecule has 1 fully saturated rings. The van der Waals surface area contributed by atoms with Gasteiger partial charge in [-0.25, -0.2) is 0 Å². The molecule has 206 valence electrons. The average molecular weight is 592 g/mol. The van der Waals surface area contributed by atoms with E-state index in [-0.39, 0.29) is 33.7 Å². The van der Waals surface area contributed by atoms with Gasteiger partial charge in [-0.3, -0.25) is 19.3 Å². The van der Waals surface area contributed by atoms with Crippen molar-refractivity contribution < 1.29 is 19.2 Å². The standard InChI is InChI=1S/C27H28Cl2N4O5S/c1-31(15-16-39(38)18-7-3-2-4-8-18)13-14-32-22(17-34)24(35)26(36)30-25(32)21-11-6-12-33(21)27(37)23-19(28)9-5-10-20(23)29/h2-5,7-10,17,21,35H,6,11-16H2,1H3. The number of aromatic nitrogens is 2. The molecule has 1 aromatic heterocycles. The number of carbonyl (C=O) groups is 2. The number of halogens is 2. The third-order valence-electron chi connectivity index (χ3n) is 6.70. The summed E-state index contributed by atoms with van der Waals surface area (Å²) >= 11 is 11.4. The first-order valence-electron chi connectivity index (χ1n) is 12.4. The van der Waals surface area contributed by atoms with Gasteiger partial charge in [0.25, 0.3) is 5.91 Å². The Bertz CT molecular complexity index is 1380. The summed E-state index contributed by atoms with van der Waals surface area (Å²) in [5.74, 6) is -0.539. The molecule has 2 atom stereocenters. The van der Waals surface area contributed by atoms with E-state index in [1.807, 2.05) is 42.3 Å². The Hall–Kier alpha value is -2.89. The van der Waals surface area contributed by atoms with Crippen molar-refractivity contribution in [3.05, 3.63) is 86.0 Å². The number of aromatic hydroxyl groups is 1. The Morgan fingerprint density at radius 2 is 1.87 bits per heavy atom. The molecule has 1 aliphatic rings. The zero-order valence-electron chi connectivity index (χ0n) is 21.3. The second-order valence-electron chi connectivity index (χ2n) is 9.20. The molecule has 1 saturated heterocycles. The lowest BCUT2D eigenvalue weighted by molar-refractivity contribution is 0.0726. The van der Waals surface area contributed by atoms with Crippen molar-refractivity contribution in [1.29, 1.82) is 0 Å². The lowest BCUT2D eigenvalue weighted by Crippen LogP contribution is -2.36. The van der Waals surface area contributed by atoms with Gasteiger partial charge in [0.1, 0.15) is 17.3 Å². The smallest absolute Gasteiger partial charge is 0.315 e. The summed E-state index contributed by atoms with van der Waals surface area (Å²) in [4.78, 5) is 46.3. The molecule has 0 saturated carbocycles. The van der Waals surface area contributed by atoms with Gasteiger partial charge in [0, 0.05) is 26.2 Å². The molecular weight excluding hydrogens is 563 g/mol. The van der Waals surface area contributed by atoms with Gasteiger partial charge in [0.05, 0.1) is 21.7 Å². The summed E-state index contributed by atoms with van der Waals surface area (Å²) in [5, 5.41) is 10.8. The van der Waals surface area contributed by atoms with Crippen LogP contribution < -0.4 is 5.56 Å². The molecular formula is C27H28Cl2N4O5S. The molecule has 1 amide bonds. The number of likely N-dealkylation sites (tertiary alicyclic amines) is 1. The Morgan fingerprint density at radius 3 is 2.54 bits per heavy atom. The van der Waals surface area contributed by atoms with Crippen LogP contribution >= 0.6 is 23.2 Å². The van der Waals surface area contributed by atoms with E-state index in [1.165, 1.54) is 4.57 Å². The van der Waals surface area contributed by atoms with Gasteiger partial charge in [0.2, 0.25) is 5.75 Å². The van der Waals surface area contributed by atoms with E-state index in [9.17, 15) is 24.0 Å². The maximum atomic E-state index is 13.5. The Morgan fingerprint density at radius 1 is 1.18 bits per heavy atom. The van der Waals surface area contributed by atoms with Gasteiger partial charge in [0.15, 0.2) is 11.2 Å². The topological polar surface area (TPSA) is 119 Å². The quantitative estimate of drug-likeness (QED) is 0.282. The lowest BCUT2D eigenvalue weighted by Gasteiger charge is -2.28. The predicted molar refractivity (Wildman–Crippen MR) is 150 cm³/mol. The van der Waals surface area contributed by atoms with Crippen molar-refractivity contribution >= 4 is 46.6 Å². The minimum atomic E-state index is -1.17. The van der Waals surface area contributed by atoms with Crippen LogP contribution in [-0.4, -0.2) is 73.6 Å². The van der Waals surface area contributed by atoms with Crippen LogP contribution in [0.1, 0.15) is 45.6 Å². The number of benzene rings is 2. The van der Waals surface area contributed by atoms with Crippen molar-refractivity contribution in [2.45, 2.75) is 30.3 Å². The molecule has 3 aromatic rings. The van der Waals surface area contributed by atoms with Crippen molar-refractivity contribution in [1.82, 2.24) is 19.4 Å². The Balaban J connectivity index is 1.57. The number of likely N-dealkylation sites (N-methyl/N-ethyl adjacent to an activating group) is 1. The highest BCUT2D eigenvalue weighted by Gasteiger charge is 2.36. The minimum Gasteiger partial charge on any atom is -0.611 e. The Labute approximate surface area is 239 Å². The third-order valence-corrected chi connectivity index (χ3v) is 8.68. The van der Waals surface area contributed by atoms with Gasteiger partial charge < -0.3 is 19.1 Å². The molecule has 1 N–H and O–H groups in total. The molecule has 2 unspecified atom stereocenters. The molecule has 1 aliphatic heterocycles. The van der Waals surface area contributed by atoms with Gasteiger partial charge >= 0.3 is 5.56 Å². The van der Waals surface area contributed by atoms with Crippen LogP contribution in [0.15, 0.2) is 58.2 Å². The second-order valence-corrected chi connectivity index (χ2v) is 11.6. The van der Waals surface area contributed by atoms with E-state index < -0.39 is 34.4 Å². The first kappa shape index (κ1) is 29.1. The first-order chi connectivity index (χ1) is 18.7. The number of nitrogens with zero attached hydrogens (tertiary/aromatic N) is 4. The molecule has 0 spiro atoms. The van der Waals surface area contributed by atoms with Crippen LogP contribution in [-0.2, 0) is 17.7 Å². The highest BCUT2D eigenvalue weighted by molar-refractivity contribution is 7.91. The van der Waals surface area contributed by atoms with Gasteiger partial charge in [-0.1, -0.05) is 47.5 Å². The fourth-order valence-electron chi connectivity index (χ4n) is 4.62. The fraction of sp³-hybridized carbons (Fsp3) is 0.333. The molecule has 9 nitrogen and oxygen atoms in total. The van der Waals surface area contributed by atoms with E-state index in [0.717, 1.165) is 4.90 Å². The van der Waals surface area contributed by atoms with Crippen LogP contribution in [0.25, 0.3) is 0 Å². The first-order valence-corrected chi connectivity index (χ1v) is 14.5. The summed E-state index contributed by atoms with van der Waals surface area (Å²) in [6.07, 6.45) is 1.55. The number of hydrogen-bond donors (Lipinski definition) is 1. The monoisotopic (exact) mass is 590 g/mol. The van der Waals surface area contributed by atoms with Crippen LogP contribution in [0.4, 0.5) is 0 Å². The van der Waals surface area contributed by atoms with E-state index in [4.69, 9.17) is 23.2 Å². The van der Waals surface area contributed by atoms with Crippen LogP contribution in [0, 0.1) is 0 Å². The summed E-state index contributed by atoms with van der Waals surface area (Å²) in [6, 6.07) is 13.3. The van der Waals surface area contributed by atoms with Crippen LogP contribution in [0.2, 0.25) is 10.0 Å². The van der Waals surface area contributed by atoms with Crippen LogP contribution in [0.3, 0.4) is 0 Å². The third kappa shape index (κ3) is 6.47. The number of carbonyl (C=O) groups excluding carboxylic acids is 2. The molecule has 0 bridgehead atoms. The molecule has 0 radical (unpaired) electrons. The average Bonchev–Trinajstić information content (AvgIpc) is 3.42. The zero-order chi connectivity index (χ0) is 28.1. The molecule has 0 aliphatic carbocycles. The van der Waals surface area contributed by atoms with Crippen molar-refractivity contribution in [3.8, 4) is 5.75 Å². The predicted octanol–water partition coefficient (Wildman–Crippen LogP) is 3.79. The number of rotatable bonds is 10. The SMILES string of the molecule is CN(CCn1c(C2CCCN2C(=O)c2c(Cl)cccc2Cl)nc(=O)c(O)c1C=O)CC[S+]([O-])c1ccccc1. The highest BCUT2D eigenvalue weighted by atomic mass is 35.5. The zero-order valence-corrected chi connectivity index (χ0v) is 23.6. The molecule has 2 aromatic carbocycles. The summed E-state index contributed by atoms with van der Waals surface area (Å²) in [6.45, 7) is 1.49. The summed E-state index contributed by atoms with van der Waals surface area (Å²) < 4.78 is 14.1. The van der Waals surface area contributed by atoms with E-state index in [1.54, 1.807) is 23.1 Å². The molecule has 39 heavy (non-hydrogen) atoms. The van der Waals surface area contributed by atoms with Crippen molar-refractivity contribution in [3.63, 3.8) is 0 Å². The van der Waals surface area contributed by atoms with Gasteiger partial charge in [-0.05, 0) is 55.3 Å². The maximum Gasteiger partial charge on any atom is 0.315 e. The van der Waals surface area contributed by atoms with Gasteiger partial charge in [-0.2, -0.15) is 4.98 Å². The largest absolute Gasteiger partial charge is 0.611 e. The van der Waals surface area contributed by atoms with Crippen molar-refractivity contribution in [2.75, 3.05) is 32.4 Å². The number of amides is 1. The van der Waals surface area contributed by atoms with E-state index in [2.05, 4.69) is 4.98 Å². The lowest BCUT2D eigenvalue weighted by atomic mass is 10.1. The maximum absolute atomic E-state index is 13.5. The van der Waals surface area contributed by atoms with Crippen molar-refractivity contribution in [2.24, 2.45) is 0 Å².